The van der Waals surface area contributed by atoms with Crippen LogP contribution in [0.3, 0.4) is 0 Å². The van der Waals surface area contributed by atoms with E-state index in [-0.39, 0.29) is 12.5 Å². The second-order valence-electron chi connectivity index (χ2n) is 6.67. The predicted octanol–water partition coefficient (Wildman–Crippen LogP) is 5.66. The highest BCUT2D eigenvalue weighted by Crippen LogP contribution is 2.34. The zero-order valence-corrected chi connectivity index (χ0v) is 16.0. The zero-order valence-electron chi connectivity index (χ0n) is 15.3. The van der Waals surface area contributed by atoms with E-state index in [2.05, 4.69) is 10.3 Å². The standard InChI is InChI=1S/C23H17ClF2N2O/c24-18-8-3-1-6-14(18)16(17-12-27-21-11-4-2-7-15(17)21)13-28-23(29)22-19(25)9-5-10-20(22)26/h1-12,16,27H,13H2,(H,28,29). The second kappa shape index (κ2) is 8.05. The molecule has 1 heterocycles. The average Bonchev–Trinajstić information content (AvgIpc) is 3.13. The molecule has 29 heavy (non-hydrogen) atoms. The van der Waals surface area contributed by atoms with Gasteiger partial charge in [-0.25, -0.2) is 8.78 Å². The SMILES string of the molecule is O=C(NCC(c1ccccc1Cl)c1c[nH]c2ccccc12)c1c(F)cccc1F. The summed E-state index contributed by atoms with van der Waals surface area (Å²) in [6.07, 6.45) is 1.87. The minimum atomic E-state index is -0.899. The summed E-state index contributed by atoms with van der Waals surface area (Å²) in [6, 6.07) is 18.5. The van der Waals surface area contributed by atoms with Gasteiger partial charge in [0.1, 0.15) is 17.2 Å². The highest BCUT2D eigenvalue weighted by atomic mass is 35.5. The van der Waals surface area contributed by atoms with Gasteiger partial charge in [-0.15, -0.1) is 0 Å². The van der Waals surface area contributed by atoms with Gasteiger partial charge in [-0.2, -0.15) is 0 Å². The number of carbonyl (C=O) groups excluding carboxylic acids is 1. The summed E-state index contributed by atoms with van der Waals surface area (Å²) in [5.41, 5.74) is 2.10. The minimum Gasteiger partial charge on any atom is -0.361 e. The molecule has 4 rings (SSSR count). The van der Waals surface area contributed by atoms with Gasteiger partial charge in [-0.3, -0.25) is 4.79 Å². The molecule has 0 aliphatic rings. The zero-order chi connectivity index (χ0) is 20.4. The Bertz CT molecular complexity index is 1170. The Morgan fingerprint density at radius 1 is 0.931 bits per heavy atom. The van der Waals surface area contributed by atoms with Crippen LogP contribution in [0, 0.1) is 11.6 Å². The summed E-state index contributed by atoms with van der Waals surface area (Å²) in [6.45, 7) is 0.123. The number of benzene rings is 3. The Morgan fingerprint density at radius 3 is 2.38 bits per heavy atom. The third-order valence-corrected chi connectivity index (χ3v) is 5.28. The van der Waals surface area contributed by atoms with Crippen LogP contribution in [0.25, 0.3) is 10.9 Å². The van der Waals surface area contributed by atoms with Gasteiger partial charge in [0.15, 0.2) is 0 Å². The fourth-order valence-corrected chi connectivity index (χ4v) is 3.79. The molecule has 6 heteroatoms. The number of aromatic amines is 1. The Balaban J connectivity index is 1.70. The fraction of sp³-hybridized carbons (Fsp3) is 0.0870. The van der Waals surface area contributed by atoms with E-state index in [0.717, 1.165) is 34.2 Å². The molecule has 0 saturated carbocycles. The predicted molar refractivity (Wildman–Crippen MR) is 110 cm³/mol. The van der Waals surface area contributed by atoms with Crippen LogP contribution in [0.1, 0.15) is 27.4 Å². The van der Waals surface area contributed by atoms with Gasteiger partial charge < -0.3 is 10.3 Å². The number of carbonyl (C=O) groups is 1. The monoisotopic (exact) mass is 410 g/mol. The van der Waals surface area contributed by atoms with Crippen LogP contribution in [-0.4, -0.2) is 17.4 Å². The van der Waals surface area contributed by atoms with E-state index >= 15 is 0 Å². The average molecular weight is 411 g/mol. The van der Waals surface area contributed by atoms with Crippen molar-refractivity contribution in [3.05, 3.63) is 106 Å². The first-order valence-corrected chi connectivity index (χ1v) is 9.46. The summed E-state index contributed by atoms with van der Waals surface area (Å²) in [5.74, 6) is -2.91. The van der Waals surface area contributed by atoms with Gasteiger partial charge in [-0.1, -0.05) is 54.1 Å². The molecule has 4 aromatic rings. The molecule has 0 fully saturated rings. The van der Waals surface area contributed by atoms with E-state index in [1.54, 1.807) is 6.07 Å². The summed E-state index contributed by atoms with van der Waals surface area (Å²) in [4.78, 5) is 15.7. The second-order valence-corrected chi connectivity index (χ2v) is 7.08. The molecule has 2 N–H and O–H groups in total. The minimum absolute atomic E-state index is 0.123. The summed E-state index contributed by atoms with van der Waals surface area (Å²) >= 11 is 6.43. The Morgan fingerprint density at radius 2 is 1.62 bits per heavy atom. The maximum absolute atomic E-state index is 14.0. The van der Waals surface area contributed by atoms with Crippen molar-refractivity contribution < 1.29 is 13.6 Å². The van der Waals surface area contributed by atoms with Crippen molar-refractivity contribution >= 4 is 28.4 Å². The highest BCUT2D eigenvalue weighted by molar-refractivity contribution is 6.31. The van der Waals surface area contributed by atoms with Crippen molar-refractivity contribution in [1.29, 1.82) is 0 Å². The smallest absolute Gasteiger partial charge is 0.257 e. The first-order chi connectivity index (χ1) is 14.1. The first-order valence-electron chi connectivity index (χ1n) is 9.09. The summed E-state index contributed by atoms with van der Waals surface area (Å²) in [5, 5.41) is 4.21. The molecule has 1 atom stereocenters. The third kappa shape index (κ3) is 3.74. The molecule has 0 saturated heterocycles. The van der Waals surface area contributed by atoms with Crippen molar-refractivity contribution in [3.63, 3.8) is 0 Å². The summed E-state index contributed by atoms with van der Waals surface area (Å²) in [7, 11) is 0. The Labute approximate surface area is 171 Å². The van der Waals surface area contributed by atoms with E-state index in [4.69, 9.17) is 11.6 Å². The quantitative estimate of drug-likeness (QED) is 0.438. The van der Waals surface area contributed by atoms with Gasteiger partial charge in [0.25, 0.3) is 5.91 Å². The van der Waals surface area contributed by atoms with Crippen LogP contribution in [-0.2, 0) is 0 Å². The number of aromatic nitrogens is 1. The van der Waals surface area contributed by atoms with Gasteiger partial charge in [-0.05, 0) is 35.4 Å². The van der Waals surface area contributed by atoms with Crippen molar-refractivity contribution in [2.45, 2.75) is 5.92 Å². The molecular weight excluding hydrogens is 394 g/mol. The fourth-order valence-electron chi connectivity index (χ4n) is 3.53. The summed E-state index contributed by atoms with van der Waals surface area (Å²) < 4.78 is 27.9. The molecule has 146 valence electrons. The molecule has 1 unspecified atom stereocenters. The van der Waals surface area contributed by atoms with Gasteiger partial charge in [0.05, 0.1) is 0 Å². The maximum atomic E-state index is 14.0. The molecule has 0 aliphatic carbocycles. The van der Waals surface area contributed by atoms with E-state index in [1.807, 2.05) is 48.7 Å². The van der Waals surface area contributed by atoms with Gasteiger partial charge in [0, 0.05) is 34.6 Å². The van der Waals surface area contributed by atoms with Crippen LogP contribution in [0.2, 0.25) is 5.02 Å². The number of fused-ring (bicyclic) bond motifs is 1. The lowest BCUT2D eigenvalue weighted by Gasteiger charge is -2.19. The number of H-pyrrole nitrogens is 1. The molecule has 1 amide bonds. The third-order valence-electron chi connectivity index (χ3n) is 4.93. The number of halogens is 3. The Hall–Kier alpha value is -3.18. The van der Waals surface area contributed by atoms with Crippen LogP contribution in [0.5, 0.6) is 0 Å². The highest BCUT2D eigenvalue weighted by Gasteiger charge is 2.23. The van der Waals surface area contributed by atoms with Crippen molar-refractivity contribution in [2.75, 3.05) is 6.54 Å². The number of amides is 1. The normalized spacial score (nSPS) is 12.1. The molecule has 1 aromatic heterocycles. The van der Waals surface area contributed by atoms with E-state index in [1.165, 1.54) is 6.07 Å². The first kappa shape index (κ1) is 19.2. The molecular formula is C23H17ClF2N2O. The van der Waals surface area contributed by atoms with Crippen LogP contribution in [0.4, 0.5) is 8.78 Å². The largest absolute Gasteiger partial charge is 0.361 e. The number of para-hydroxylation sites is 1. The topological polar surface area (TPSA) is 44.9 Å². The Kier molecular flexibility index (Phi) is 5.32. The van der Waals surface area contributed by atoms with Gasteiger partial charge >= 0.3 is 0 Å². The van der Waals surface area contributed by atoms with Crippen LogP contribution < -0.4 is 5.32 Å². The lowest BCUT2D eigenvalue weighted by molar-refractivity contribution is 0.0944. The number of hydrogen-bond donors (Lipinski definition) is 2. The van der Waals surface area contributed by atoms with Crippen molar-refractivity contribution in [2.24, 2.45) is 0 Å². The molecule has 0 spiro atoms. The van der Waals surface area contributed by atoms with Crippen molar-refractivity contribution in [3.8, 4) is 0 Å². The van der Waals surface area contributed by atoms with E-state index < -0.39 is 23.1 Å². The number of rotatable bonds is 5. The molecule has 0 aliphatic heterocycles. The van der Waals surface area contributed by atoms with Gasteiger partial charge in [0.2, 0.25) is 0 Å². The molecule has 3 aromatic carbocycles. The lowest BCUT2D eigenvalue weighted by Crippen LogP contribution is -2.30. The van der Waals surface area contributed by atoms with E-state index in [0.29, 0.717) is 5.02 Å². The molecule has 0 radical (unpaired) electrons. The van der Waals surface area contributed by atoms with Crippen LogP contribution in [0.15, 0.2) is 72.9 Å². The lowest BCUT2D eigenvalue weighted by atomic mass is 9.90. The number of nitrogens with one attached hydrogen (secondary N) is 2. The maximum Gasteiger partial charge on any atom is 0.257 e. The number of hydrogen-bond acceptors (Lipinski definition) is 1. The molecule has 3 nitrogen and oxygen atoms in total. The van der Waals surface area contributed by atoms with E-state index in [9.17, 15) is 13.6 Å². The molecule has 0 bridgehead atoms. The van der Waals surface area contributed by atoms with Crippen LogP contribution >= 0.6 is 11.6 Å². The van der Waals surface area contributed by atoms with Crippen molar-refractivity contribution in [1.82, 2.24) is 10.3 Å².